The third-order valence-corrected chi connectivity index (χ3v) is 1.35. The molecule has 13 heavy (non-hydrogen) atoms. The highest BCUT2D eigenvalue weighted by Gasteiger charge is 2.04. The van der Waals surface area contributed by atoms with E-state index < -0.39 is 0 Å². The highest BCUT2D eigenvalue weighted by molar-refractivity contribution is 5.39. The number of nitrogen functional groups attached to an aromatic ring is 1. The maximum Gasteiger partial charge on any atom is 0.167 e. The first-order valence-corrected chi connectivity index (χ1v) is 3.60. The highest BCUT2D eigenvalue weighted by atomic mass is 16.3. The Morgan fingerprint density at radius 2 is 2.15 bits per heavy atom. The SMILES string of the molecule is Nc1ccc(N(CO)NCO)nn1. The number of hydrogen-bond acceptors (Lipinski definition) is 7. The molecule has 0 saturated carbocycles. The fourth-order valence-electron chi connectivity index (χ4n) is 0.768. The van der Waals surface area contributed by atoms with Crippen LogP contribution < -0.4 is 16.2 Å². The van der Waals surface area contributed by atoms with Gasteiger partial charge in [0.25, 0.3) is 0 Å². The van der Waals surface area contributed by atoms with E-state index in [2.05, 4.69) is 15.6 Å². The van der Waals surface area contributed by atoms with Crippen LogP contribution >= 0.6 is 0 Å². The smallest absolute Gasteiger partial charge is 0.167 e. The van der Waals surface area contributed by atoms with Crippen molar-refractivity contribution < 1.29 is 10.2 Å². The van der Waals surface area contributed by atoms with Crippen LogP contribution in [0.1, 0.15) is 0 Å². The summed E-state index contributed by atoms with van der Waals surface area (Å²) in [6.45, 7) is -0.619. The molecule has 7 heteroatoms. The molecule has 0 aliphatic rings. The summed E-state index contributed by atoms with van der Waals surface area (Å²) in [4.78, 5) is 0. The summed E-state index contributed by atoms with van der Waals surface area (Å²) in [6, 6.07) is 3.12. The van der Waals surface area contributed by atoms with Crippen LogP contribution in [0.25, 0.3) is 0 Å². The summed E-state index contributed by atoms with van der Waals surface area (Å²) in [5.74, 6) is 0.677. The molecular weight excluding hydrogens is 174 g/mol. The summed E-state index contributed by atoms with van der Waals surface area (Å²) < 4.78 is 0. The Morgan fingerprint density at radius 1 is 1.38 bits per heavy atom. The lowest BCUT2D eigenvalue weighted by Gasteiger charge is -2.19. The van der Waals surface area contributed by atoms with Crippen molar-refractivity contribution in [2.45, 2.75) is 0 Å². The van der Waals surface area contributed by atoms with E-state index in [0.29, 0.717) is 11.6 Å². The van der Waals surface area contributed by atoms with Crippen molar-refractivity contribution in [3.8, 4) is 0 Å². The van der Waals surface area contributed by atoms with Crippen molar-refractivity contribution in [3.05, 3.63) is 12.1 Å². The zero-order valence-electron chi connectivity index (χ0n) is 6.88. The first-order chi connectivity index (χ1) is 6.27. The Morgan fingerprint density at radius 3 is 2.62 bits per heavy atom. The van der Waals surface area contributed by atoms with Gasteiger partial charge in [-0.1, -0.05) is 0 Å². The maximum absolute atomic E-state index is 8.83. The number of nitrogens with one attached hydrogen (secondary N) is 1. The summed E-state index contributed by atoms with van der Waals surface area (Å²) >= 11 is 0. The van der Waals surface area contributed by atoms with Crippen LogP contribution in [0.4, 0.5) is 11.6 Å². The second kappa shape index (κ2) is 4.55. The molecule has 1 rings (SSSR count). The zero-order chi connectivity index (χ0) is 9.68. The minimum atomic E-state index is -0.320. The number of aliphatic hydroxyl groups is 2. The van der Waals surface area contributed by atoms with Crippen molar-refractivity contribution in [1.82, 2.24) is 15.6 Å². The fraction of sp³-hybridized carbons (Fsp3) is 0.333. The molecule has 1 heterocycles. The molecule has 5 N–H and O–H groups in total. The van der Waals surface area contributed by atoms with Gasteiger partial charge in [-0.3, -0.25) is 5.01 Å². The van der Waals surface area contributed by atoms with E-state index in [0.717, 1.165) is 0 Å². The van der Waals surface area contributed by atoms with Gasteiger partial charge in [-0.25, -0.2) is 5.43 Å². The molecule has 0 amide bonds. The lowest BCUT2D eigenvalue weighted by atomic mass is 10.5. The van der Waals surface area contributed by atoms with Crippen LogP contribution in [-0.4, -0.2) is 33.9 Å². The molecule has 0 unspecified atom stereocenters. The Bertz CT molecular complexity index is 252. The Hall–Kier alpha value is -1.44. The van der Waals surface area contributed by atoms with Crippen molar-refractivity contribution in [2.24, 2.45) is 0 Å². The van der Waals surface area contributed by atoms with E-state index in [1.54, 1.807) is 12.1 Å². The van der Waals surface area contributed by atoms with Gasteiger partial charge < -0.3 is 15.9 Å². The van der Waals surface area contributed by atoms with Crippen LogP contribution in [0.5, 0.6) is 0 Å². The van der Waals surface area contributed by atoms with Gasteiger partial charge in [0.15, 0.2) is 5.82 Å². The first-order valence-electron chi connectivity index (χ1n) is 3.60. The molecule has 0 atom stereocenters. The van der Waals surface area contributed by atoms with Crippen molar-refractivity contribution in [1.29, 1.82) is 0 Å². The summed E-state index contributed by atoms with van der Waals surface area (Å²) in [7, 11) is 0. The first kappa shape index (κ1) is 9.65. The average molecular weight is 185 g/mol. The number of aliphatic hydroxyl groups excluding tert-OH is 2. The second-order valence-corrected chi connectivity index (χ2v) is 2.20. The third kappa shape index (κ3) is 2.51. The number of anilines is 2. The molecule has 0 saturated heterocycles. The lowest BCUT2D eigenvalue weighted by Crippen LogP contribution is -2.40. The molecule has 0 aromatic carbocycles. The molecule has 7 nitrogen and oxygen atoms in total. The number of rotatable bonds is 4. The molecule has 0 spiro atoms. The largest absolute Gasteiger partial charge is 0.382 e. The van der Waals surface area contributed by atoms with Gasteiger partial charge in [0.1, 0.15) is 19.3 Å². The van der Waals surface area contributed by atoms with Crippen LogP contribution in [0.15, 0.2) is 12.1 Å². The number of nitrogens with two attached hydrogens (primary N) is 1. The molecule has 1 aromatic rings. The van der Waals surface area contributed by atoms with Crippen molar-refractivity contribution in [3.63, 3.8) is 0 Å². The highest BCUT2D eigenvalue weighted by Crippen LogP contribution is 2.06. The molecule has 0 fully saturated rings. The Labute approximate surface area is 74.8 Å². The molecule has 0 radical (unpaired) electrons. The van der Waals surface area contributed by atoms with E-state index in [1.165, 1.54) is 5.01 Å². The normalized spacial score (nSPS) is 10.0. The fourth-order valence-corrected chi connectivity index (χ4v) is 0.768. The van der Waals surface area contributed by atoms with Gasteiger partial charge in [0.05, 0.1) is 0 Å². The molecule has 1 aromatic heterocycles. The molecular formula is C6H11N5O2. The van der Waals surface area contributed by atoms with Crippen LogP contribution in [-0.2, 0) is 0 Å². The zero-order valence-corrected chi connectivity index (χ0v) is 6.88. The van der Waals surface area contributed by atoms with Gasteiger partial charge >= 0.3 is 0 Å². The maximum atomic E-state index is 8.83. The predicted molar refractivity (Wildman–Crippen MR) is 46.2 cm³/mol. The van der Waals surface area contributed by atoms with Gasteiger partial charge in [0, 0.05) is 0 Å². The average Bonchev–Trinajstić information content (AvgIpc) is 2.16. The van der Waals surface area contributed by atoms with Crippen molar-refractivity contribution >= 4 is 11.6 Å². The van der Waals surface area contributed by atoms with E-state index in [4.69, 9.17) is 15.9 Å². The van der Waals surface area contributed by atoms with Crippen LogP contribution in [0.3, 0.4) is 0 Å². The Balaban J connectivity index is 2.73. The summed E-state index contributed by atoms with van der Waals surface area (Å²) in [5, 5.41) is 25.9. The lowest BCUT2D eigenvalue weighted by molar-refractivity contribution is 0.214. The molecule has 72 valence electrons. The quantitative estimate of drug-likeness (QED) is 0.326. The minimum absolute atomic E-state index is 0.297. The van der Waals surface area contributed by atoms with E-state index in [-0.39, 0.29) is 13.5 Å². The van der Waals surface area contributed by atoms with Gasteiger partial charge in [-0.15, -0.1) is 10.2 Å². The monoisotopic (exact) mass is 185 g/mol. The van der Waals surface area contributed by atoms with Crippen molar-refractivity contribution in [2.75, 3.05) is 24.2 Å². The van der Waals surface area contributed by atoms with Crippen LogP contribution in [0.2, 0.25) is 0 Å². The summed E-state index contributed by atoms with van der Waals surface area (Å²) in [5.41, 5.74) is 7.78. The summed E-state index contributed by atoms with van der Waals surface area (Å²) in [6.07, 6.45) is 0. The number of hydrazine groups is 1. The van der Waals surface area contributed by atoms with Crippen LogP contribution in [0, 0.1) is 0 Å². The van der Waals surface area contributed by atoms with Gasteiger partial charge in [-0.05, 0) is 12.1 Å². The molecule has 0 aliphatic heterocycles. The number of nitrogens with zero attached hydrogens (tertiary/aromatic N) is 3. The Kier molecular flexibility index (Phi) is 3.38. The van der Waals surface area contributed by atoms with E-state index in [1.807, 2.05) is 0 Å². The standard InChI is InChI=1S/C6H11N5O2/c7-5-1-2-6(10-9-5)11(4-13)8-3-12/h1-2,8,12-13H,3-4H2,(H2,7,9). The topological polar surface area (TPSA) is 108 Å². The minimum Gasteiger partial charge on any atom is -0.382 e. The van der Waals surface area contributed by atoms with E-state index in [9.17, 15) is 0 Å². The van der Waals surface area contributed by atoms with E-state index >= 15 is 0 Å². The second-order valence-electron chi connectivity index (χ2n) is 2.20. The predicted octanol–water partition coefficient (Wildman–Crippen LogP) is -1.73. The van der Waals surface area contributed by atoms with Gasteiger partial charge in [0.2, 0.25) is 0 Å². The van der Waals surface area contributed by atoms with Gasteiger partial charge in [-0.2, -0.15) is 0 Å². The third-order valence-electron chi connectivity index (χ3n) is 1.35. The molecule has 0 aliphatic carbocycles. The number of hydrogen-bond donors (Lipinski definition) is 4. The molecule has 0 bridgehead atoms. The number of aromatic nitrogens is 2.